The average Bonchev–Trinajstić information content (AvgIpc) is 1.21. The van der Waals surface area contributed by atoms with Crippen molar-refractivity contribution in [3.8, 4) is 0 Å². The monoisotopic (exact) mass is 289 g/mol. The van der Waals surface area contributed by atoms with E-state index in [1.54, 1.807) is 0 Å². The standard InChI is InChI=1S/2K.2Na.H2O6P2.4H/c;;;;1-7(2)6-8(3,4)5;;;;/h;;;;(H2-,1,2,3,4,5);;;;/q4*+1;;4*-1/p+1. The van der Waals surface area contributed by atoms with Crippen molar-refractivity contribution in [3.05, 3.63) is 0 Å². The van der Waals surface area contributed by atoms with Crippen LogP contribution in [0.3, 0.4) is 0 Å². The van der Waals surface area contributed by atoms with E-state index in [1.807, 2.05) is 0 Å². The minimum Gasteiger partial charge on any atom is -1.00 e. The summed E-state index contributed by atoms with van der Waals surface area (Å²) in [4.78, 5) is 23.1. The molecule has 12 heavy (non-hydrogen) atoms. The number of rotatable bonds is 2. The van der Waals surface area contributed by atoms with Crippen molar-refractivity contribution in [2.75, 3.05) is 0 Å². The van der Waals surface area contributed by atoms with E-state index >= 15 is 0 Å². The number of hydrogen-bond acceptors (Lipinski definition) is 3. The summed E-state index contributed by atoms with van der Waals surface area (Å²) in [6.07, 6.45) is 0. The number of phosphoric acid groups is 1. The molecule has 0 aliphatic carbocycles. The third kappa shape index (κ3) is 29.5. The first-order valence-electron chi connectivity index (χ1n) is 1.33. The van der Waals surface area contributed by atoms with Gasteiger partial charge in [0, 0.05) is 4.57 Å². The quantitative estimate of drug-likeness (QED) is 0.344. The minimum atomic E-state index is -4.76. The minimum absolute atomic E-state index is 0. The van der Waals surface area contributed by atoms with E-state index in [2.05, 4.69) is 4.31 Å². The first-order chi connectivity index (χ1) is 3.42. The first kappa shape index (κ1) is 30.5. The third-order valence-electron chi connectivity index (χ3n) is 0.176. The van der Waals surface area contributed by atoms with E-state index in [1.165, 1.54) is 0 Å². The van der Waals surface area contributed by atoms with Crippen LogP contribution < -0.4 is 162 Å². The van der Waals surface area contributed by atoms with Crippen LogP contribution in [0, 0.1) is 0 Å². The summed E-state index contributed by atoms with van der Waals surface area (Å²) in [5.74, 6) is 0. The van der Waals surface area contributed by atoms with Gasteiger partial charge in [-0.15, -0.1) is 4.89 Å². The van der Waals surface area contributed by atoms with Crippen LogP contribution in [0.4, 0.5) is 0 Å². The molecule has 56 valence electrons. The Hall–Kier alpha value is 5.44. The molecule has 0 heterocycles. The Morgan fingerprint density at radius 1 is 1.25 bits per heavy atom. The van der Waals surface area contributed by atoms with Gasteiger partial charge in [-0.05, 0) is 4.31 Å². The Morgan fingerprint density at radius 2 is 1.50 bits per heavy atom. The molecule has 1 atom stereocenters. The van der Waals surface area contributed by atoms with Crippen LogP contribution >= 0.6 is 16.1 Å². The topological polar surface area (TPSA) is 104 Å². The van der Waals surface area contributed by atoms with Gasteiger partial charge < -0.3 is 15.5 Å². The van der Waals surface area contributed by atoms with E-state index < -0.39 is 16.1 Å². The van der Waals surface area contributed by atoms with Gasteiger partial charge in [-0.2, -0.15) is 0 Å². The van der Waals surface area contributed by atoms with Gasteiger partial charge in [0.1, 0.15) is 0 Å². The fourth-order valence-corrected chi connectivity index (χ4v) is 0.819. The first-order valence-corrected chi connectivity index (χ1v) is 3.99. The molecule has 0 aliphatic heterocycles. The molecule has 0 aliphatic rings. The Balaban J connectivity index is -0.00000000875. The van der Waals surface area contributed by atoms with Gasteiger partial charge in [-0.25, -0.2) is 4.57 Å². The SMILES string of the molecule is O=[P+](O)OP(=O)(O)O.[H-].[H-].[H-].[H-].[K+].[K+].[Na+].[Na+]. The summed E-state index contributed by atoms with van der Waals surface area (Å²) in [5, 5.41) is 0. The molecule has 0 bridgehead atoms. The molecule has 0 amide bonds. The largest absolute Gasteiger partial charge is 1.00 e. The van der Waals surface area contributed by atoms with Crippen LogP contribution in [-0.4, -0.2) is 14.7 Å². The van der Waals surface area contributed by atoms with Gasteiger partial charge in [0.2, 0.25) is 0 Å². The molecule has 0 aromatic rings. The molecule has 0 saturated heterocycles. The molecule has 0 aromatic carbocycles. The molecule has 12 heteroatoms. The summed E-state index contributed by atoms with van der Waals surface area (Å²) >= 11 is 0. The maximum atomic E-state index is 9.57. The summed E-state index contributed by atoms with van der Waals surface area (Å²) in [5.41, 5.74) is 0. The van der Waals surface area contributed by atoms with Crippen LogP contribution in [0.5, 0.6) is 0 Å². The Kier molecular flexibility index (Phi) is 41.7. The zero-order valence-corrected chi connectivity index (χ0v) is 19.5. The molecule has 1 unspecified atom stereocenters. The molecular weight excluding hydrogens is 282 g/mol. The molecule has 0 rings (SSSR count). The van der Waals surface area contributed by atoms with Gasteiger partial charge in [0.05, 0.1) is 0 Å². The molecule has 0 aromatic heterocycles. The predicted molar refractivity (Wildman–Crippen MR) is 27.4 cm³/mol. The van der Waals surface area contributed by atoms with Gasteiger partial charge in [-0.1, -0.05) is 0 Å². The van der Waals surface area contributed by atoms with Gasteiger partial charge in [-0.3, -0.25) is 0 Å². The van der Waals surface area contributed by atoms with E-state index in [-0.39, 0.29) is 168 Å². The summed E-state index contributed by atoms with van der Waals surface area (Å²) in [6.45, 7) is 0. The summed E-state index contributed by atoms with van der Waals surface area (Å²) in [6, 6.07) is 0. The molecule has 3 N–H and O–H groups in total. The third-order valence-corrected chi connectivity index (χ3v) is 1.59. The second-order valence-corrected chi connectivity index (χ2v) is 2.92. The van der Waals surface area contributed by atoms with Crippen LogP contribution in [0.1, 0.15) is 5.71 Å². The van der Waals surface area contributed by atoms with E-state index in [4.69, 9.17) is 14.7 Å². The zero-order chi connectivity index (χ0) is 6.78. The molecule has 0 saturated carbocycles. The van der Waals surface area contributed by atoms with Crippen molar-refractivity contribution in [1.29, 1.82) is 0 Å². The van der Waals surface area contributed by atoms with Crippen molar-refractivity contribution in [2.24, 2.45) is 0 Å². The molecule has 0 spiro atoms. The van der Waals surface area contributed by atoms with Crippen molar-refractivity contribution < 1.29 is 196 Å². The van der Waals surface area contributed by atoms with Crippen LogP contribution in [0.25, 0.3) is 0 Å². The fourth-order valence-electron chi connectivity index (χ4n) is 0.0910. The van der Waals surface area contributed by atoms with Gasteiger partial charge >= 0.3 is 178 Å². The van der Waals surface area contributed by atoms with Gasteiger partial charge in [0.15, 0.2) is 0 Å². The van der Waals surface area contributed by atoms with Crippen molar-refractivity contribution in [3.63, 3.8) is 0 Å². The second-order valence-electron chi connectivity index (χ2n) is 0.810. The zero-order valence-electron chi connectivity index (χ0n) is 11.5. The van der Waals surface area contributed by atoms with Crippen molar-refractivity contribution in [2.45, 2.75) is 0 Å². The van der Waals surface area contributed by atoms with E-state index in [0.29, 0.717) is 0 Å². The maximum Gasteiger partial charge on any atom is 1.00 e. The summed E-state index contributed by atoms with van der Waals surface area (Å²) < 4.78 is 22.2. The van der Waals surface area contributed by atoms with E-state index in [9.17, 15) is 9.13 Å². The number of hydrogen-bond donors (Lipinski definition) is 3. The molecule has 0 fully saturated rings. The molecule has 0 radical (unpaired) electrons. The predicted octanol–water partition coefficient (Wildman–Crippen LogP) is -11.8. The van der Waals surface area contributed by atoms with Crippen LogP contribution in [0.2, 0.25) is 0 Å². The second kappa shape index (κ2) is 16.4. The molecular formula is H7K2Na2O6P2+. The van der Waals surface area contributed by atoms with Crippen molar-refractivity contribution >= 4 is 16.1 Å². The van der Waals surface area contributed by atoms with E-state index in [0.717, 1.165) is 0 Å². The van der Waals surface area contributed by atoms with Crippen molar-refractivity contribution in [1.82, 2.24) is 0 Å². The normalized spacial score (nSPS) is 9.08. The average molecular weight is 289 g/mol. The van der Waals surface area contributed by atoms with Gasteiger partial charge in [0.25, 0.3) is 0 Å². The fraction of sp³-hybridized carbons (Fsp3) is 0. The summed E-state index contributed by atoms with van der Waals surface area (Å²) in [7, 11) is -7.96. The smallest absolute Gasteiger partial charge is 1.00 e. The Labute approximate surface area is 206 Å². The Morgan fingerprint density at radius 3 is 1.50 bits per heavy atom. The molecule has 6 nitrogen and oxygen atoms in total. The van der Waals surface area contributed by atoms with Crippen LogP contribution in [0.15, 0.2) is 0 Å². The Bertz CT molecular complexity index is 157. The maximum absolute atomic E-state index is 9.57. The van der Waals surface area contributed by atoms with Crippen LogP contribution in [-0.2, 0) is 13.4 Å².